The molecule has 2 nitrogen and oxygen atoms in total. The Morgan fingerprint density at radius 2 is 0.750 bits per heavy atom. The zero-order valence-electron chi connectivity index (χ0n) is 41.8. The minimum Gasteiger partial charge on any atom is -0.310 e. The smallest absolute Gasteiger partial charge is 0.0775 e. The number of anilines is 6. The lowest BCUT2D eigenvalue weighted by Crippen LogP contribution is -2.37. The van der Waals surface area contributed by atoms with Crippen LogP contribution >= 0.6 is 0 Å². The van der Waals surface area contributed by atoms with Crippen molar-refractivity contribution in [3.63, 3.8) is 0 Å². The van der Waals surface area contributed by atoms with Gasteiger partial charge in [-0.3, -0.25) is 0 Å². The molecule has 4 heteroatoms. The van der Waals surface area contributed by atoms with E-state index in [4.69, 9.17) is 0 Å². The van der Waals surface area contributed by atoms with Gasteiger partial charge in [0.25, 0.3) is 0 Å². The number of aryl methyl sites for hydroxylation is 2. The van der Waals surface area contributed by atoms with Crippen LogP contribution < -0.4 is 20.2 Å². The van der Waals surface area contributed by atoms with E-state index in [1.807, 2.05) is 0 Å². The van der Waals surface area contributed by atoms with Gasteiger partial charge in [0, 0.05) is 38.9 Å². The van der Waals surface area contributed by atoms with Gasteiger partial charge in [-0.2, -0.15) is 0 Å². The van der Waals surface area contributed by atoms with Gasteiger partial charge in [0.1, 0.15) is 0 Å². The van der Waals surface area contributed by atoms with Crippen LogP contribution in [0.5, 0.6) is 0 Å². The van der Waals surface area contributed by atoms with Crippen molar-refractivity contribution in [2.24, 2.45) is 0 Å². The van der Waals surface area contributed by atoms with Gasteiger partial charge < -0.3 is 9.80 Å². The van der Waals surface area contributed by atoms with E-state index in [2.05, 4.69) is 272 Å². The van der Waals surface area contributed by atoms with Crippen LogP contribution in [0, 0.1) is 13.8 Å². The first kappa shape index (κ1) is 45.1. The van der Waals surface area contributed by atoms with Gasteiger partial charge in [-0.25, -0.2) is 0 Å². The summed E-state index contributed by atoms with van der Waals surface area (Å²) in [7, 11) is -3.18. The minimum atomic E-state index is -1.59. The third kappa shape index (κ3) is 8.35. The highest BCUT2D eigenvalue weighted by Crippen LogP contribution is 2.52. The first-order valence-corrected chi connectivity index (χ1v) is 31.3. The van der Waals surface area contributed by atoms with E-state index in [0.717, 1.165) is 34.1 Å². The Balaban J connectivity index is 1.35. The second kappa shape index (κ2) is 17.1. The molecule has 0 aliphatic rings. The first-order chi connectivity index (χ1) is 32.4. The summed E-state index contributed by atoms with van der Waals surface area (Å²) in [6.45, 7) is 26.1. The molecule has 0 aromatic heterocycles. The number of nitrogens with zero attached hydrogens (tertiary/aromatic N) is 2. The molecule has 0 amide bonds. The largest absolute Gasteiger partial charge is 0.310 e. The molecule has 0 spiro atoms. The summed E-state index contributed by atoms with van der Waals surface area (Å²) in [6.07, 6.45) is 0. The van der Waals surface area contributed by atoms with Crippen molar-refractivity contribution in [2.75, 3.05) is 9.80 Å². The maximum atomic E-state index is 2.56. The number of rotatable bonds is 10. The Labute approximate surface area is 406 Å². The molecule has 0 N–H and O–H groups in total. The number of hydrogen-bond donors (Lipinski definition) is 0. The van der Waals surface area contributed by atoms with Crippen LogP contribution in [0.15, 0.2) is 188 Å². The van der Waals surface area contributed by atoms with Crippen molar-refractivity contribution in [2.45, 2.75) is 79.3 Å². The maximum Gasteiger partial charge on any atom is 0.0775 e. The predicted octanol–water partition coefficient (Wildman–Crippen LogP) is 17.9. The minimum absolute atomic E-state index is 0.00111. The molecule has 68 heavy (non-hydrogen) atoms. The molecule has 338 valence electrons. The molecule has 0 heterocycles. The summed E-state index contributed by atoms with van der Waals surface area (Å²) in [5.74, 6) is 0. The summed E-state index contributed by atoms with van der Waals surface area (Å²) in [6, 6.07) is 71.6. The summed E-state index contributed by atoms with van der Waals surface area (Å²) in [5, 5.41) is 10.5. The first-order valence-electron chi connectivity index (χ1n) is 24.3. The van der Waals surface area contributed by atoms with Crippen LogP contribution in [0.1, 0.15) is 37.5 Å². The summed E-state index contributed by atoms with van der Waals surface area (Å²) in [4.78, 5) is 5.12. The Kier molecular flexibility index (Phi) is 11.3. The fourth-order valence-electron chi connectivity index (χ4n) is 10.0. The lowest BCUT2D eigenvalue weighted by Gasteiger charge is -2.34. The molecule has 0 bridgehead atoms. The molecule has 10 aromatic rings. The Hall–Kier alpha value is -6.73. The number of benzene rings is 10. The highest BCUT2D eigenvalue weighted by molar-refractivity contribution is 6.89. The Morgan fingerprint density at radius 3 is 1.12 bits per heavy atom. The monoisotopic (exact) mass is 916 g/mol. The van der Waals surface area contributed by atoms with Crippen molar-refractivity contribution in [1.82, 2.24) is 0 Å². The van der Waals surface area contributed by atoms with Crippen LogP contribution in [0.3, 0.4) is 0 Å². The summed E-state index contributed by atoms with van der Waals surface area (Å²) < 4.78 is 0. The van der Waals surface area contributed by atoms with E-state index in [9.17, 15) is 0 Å². The zero-order chi connectivity index (χ0) is 47.7. The molecule has 0 unspecified atom stereocenters. The van der Waals surface area contributed by atoms with E-state index >= 15 is 0 Å². The van der Waals surface area contributed by atoms with Crippen molar-refractivity contribution in [3.8, 4) is 22.3 Å². The van der Waals surface area contributed by atoms with Gasteiger partial charge in [-0.05, 0) is 117 Å². The molecule has 0 aliphatic carbocycles. The average Bonchev–Trinajstić information content (AvgIpc) is 3.32. The predicted molar refractivity (Wildman–Crippen MR) is 305 cm³/mol. The van der Waals surface area contributed by atoms with E-state index < -0.39 is 16.1 Å². The van der Waals surface area contributed by atoms with Gasteiger partial charge in [-0.15, -0.1) is 0 Å². The fourth-order valence-corrected chi connectivity index (χ4v) is 12.4. The highest BCUT2D eigenvalue weighted by Gasteiger charge is 2.28. The molecule has 0 radical (unpaired) electrons. The zero-order valence-corrected chi connectivity index (χ0v) is 43.8. The SMILES string of the molecule is Cc1ccc(-c2ccccc2)cc1N(c1ccc([Si](C)(C)C)cc1)c1cc(N(c2ccc([Si](C)(C)C)cc2)c2cc(-c3ccccc3)ccc2C)c2ccc3cc(C(C)(C)C)cc4ccc1c2c43. The fraction of sp³-hybridized carbons (Fsp3) is 0.188. The van der Waals surface area contributed by atoms with E-state index in [0.29, 0.717) is 0 Å². The van der Waals surface area contributed by atoms with Gasteiger partial charge in [0.2, 0.25) is 0 Å². The van der Waals surface area contributed by atoms with Crippen molar-refractivity contribution in [3.05, 3.63) is 205 Å². The lowest BCUT2D eigenvalue weighted by atomic mass is 9.83. The van der Waals surface area contributed by atoms with Gasteiger partial charge >= 0.3 is 0 Å². The maximum absolute atomic E-state index is 2.56. The molecular formula is C64H64N2Si2. The second-order valence-corrected chi connectivity index (χ2v) is 32.2. The van der Waals surface area contributed by atoms with E-state index in [-0.39, 0.29) is 5.41 Å². The molecule has 0 saturated heterocycles. The third-order valence-electron chi connectivity index (χ3n) is 14.1. The quantitative estimate of drug-likeness (QED) is 0.0996. The topological polar surface area (TPSA) is 6.48 Å². The van der Waals surface area contributed by atoms with Crippen LogP contribution in [-0.2, 0) is 5.41 Å². The third-order valence-corrected chi connectivity index (χ3v) is 18.2. The normalized spacial score (nSPS) is 12.3. The molecule has 10 rings (SSSR count). The summed E-state index contributed by atoms with van der Waals surface area (Å²) in [5.41, 5.74) is 15.5. The number of hydrogen-bond acceptors (Lipinski definition) is 2. The molecular weight excluding hydrogens is 853 g/mol. The highest BCUT2D eigenvalue weighted by atomic mass is 28.3. The van der Waals surface area contributed by atoms with Gasteiger partial charge in [0.15, 0.2) is 0 Å². The molecule has 0 saturated carbocycles. The lowest BCUT2D eigenvalue weighted by molar-refractivity contribution is 0.591. The average molecular weight is 917 g/mol. The van der Waals surface area contributed by atoms with Crippen LogP contribution in [-0.4, -0.2) is 16.1 Å². The summed E-state index contributed by atoms with van der Waals surface area (Å²) >= 11 is 0. The van der Waals surface area contributed by atoms with Crippen molar-refractivity contribution in [1.29, 1.82) is 0 Å². The van der Waals surface area contributed by atoms with Crippen molar-refractivity contribution < 1.29 is 0 Å². The second-order valence-electron chi connectivity index (χ2n) is 22.1. The molecule has 0 atom stereocenters. The van der Waals surface area contributed by atoms with Crippen LogP contribution in [0.25, 0.3) is 54.6 Å². The van der Waals surface area contributed by atoms with E-state index in [1.165, 1.54) is 81.6 Å². The molecule has 0 aliphatic heterocycles. The van der Waals surface area contributed by atoms with Gasteiger partial charge in [0.05, 0.1) is 27.5 Å². The van der Waals surface area contributed by atoms with Crippen molar-refractivity contribution >= 4 is 93.0 Å². The Bertz CT molecular complexity index is 3230. The molecule has 10 aromatic carbocycles. The van der Waals surface area contributed by atoms with Crippen LogP contribution in [0.2, 0.25) is 39.3 Å². The van der Waals surface area contributed by atoms with Crippen LogP contribution in [0.4, 0.5) is 34.1 Å². The molecule has 0 fully saturated rings. The Morgan fingerprint density at radius 1 is 0.353 bits per heavy atom. The van der Waals surface area contributed by atoms with E-state index in [1.54, 1.807) is 0 Å². The van der Waals surface area contributed by atoms with Gasteiger partial charge in [-0.1, -0.05) is 216 Å². The standard InChI is InChI=1S/C64H64N2Si2/c1-43-22-24-47(45-18-14-12-15-19-45)40-58(43)65(52-28-32-54(33-29-52)67(6,7)8)60-42-61(57-37-27-50-39-51(64(3,4)5)38-49-26-36-56(60)63(57)62(49)50)66(53-30-34-55(35-31-53)68(9,10)11)59-41-48(25-23-44(59)2)46-20-16-13-17-21-46/h12-42H,1-11H3.